The molecule has 2 aliphatic carbocycles. The highest BCUT2D eigenvalue weighted by atomic mass is 32.2. The van der Waals surface area contributed by atoms with Crippen molar-refractivity contribution in [2.45, 2.75) is 110 Å². The lowest BCUT2D eigenvalue weighted by Gasteiger charge is -2.35. The molecule has 0 bridgehead atoms. The third-order valence-electron chi connectivity index (χ3n) is 16.0. The summed E-state index contributed by atoms with van der Waals surface area (Å²) in [6.45, 7) is 12.9. The molecule has 1 saturated heterocycles. The number of imide groups is 1. The number of phosphoric ester groups is 1. The molecule has 27 nitrogen and oxygen atoms in total. The summed E-state index contributed by atoms with van der Waals surface area (Å²) in [5.74, 6) is -5.76. The number of piperazine rings is 1. The maximum atomic E-state index is 14.6. The van der Waals surface area contributed by atoms with Crippen molar-refractivity contribution in [2.24, 2.45) is 0 Å². The number of nitrogens with one attached hydrogen (secondary N) is 5. The number of anilines is 1. The molecule has 0 saturated carbocycles. The monoisotopic (exact) mass is 1320 g/mol. The van der Waals surface area contributed by atoms with E-state index in [1.165, 1.54) is 23.3 Å². The molecule has 92 heavy (non-hydrogen) atoms. The fourth-order valence-electron chi connectivity index (χ4n) is 11.1. The SMILES string of the molecule is CCN(CC)c1ccc2c(c1)CC1=CC(=[N+](CC)CC)C=CC1=C2c1ccccc1C(=O)N1CCN(C(=O)CCCCC(=O)NC(CS(=O)(=O)O)C(=O)NCCCCC(=O)NC(COP(=O)(O)O)C(=O)NCCCCC(=O)NCCOCCN2C(=O)C=CC2=O)CC1. The van der Waals surface area contributed by atoms with Crippen LogP contribution in [0.2, 0.25) is 0 Å². The van der Waals surface area contributed by atoms with E-state index in [1.807, 2.05) is 24.3 Å². The summed E-state index contributed by atoms with van der Waals surface area (Å²) in [5, 5.41) is 12.3. The zero-order valence-corrected chi connectivity index (χ0v) is 54.5. The third kappa shape index (κ3) is 22.5. The highest BCUT2D eigenvalue weighted by Crippen LogP contribution is 2.43. The Labute approximate surface area is 537 Å². The number of hydrogen-bond acceptors (Lipinski definition) is 15. The number of hydrogen-bond donors (Lipinski definition) is 8. The number of benzene rings is 2. The van der Waals surface area contributed by atoms with E-state index in [0.29, 0.717) is 44.6 Å². The van der Waals surface area contributed by atoms with Crippen molar-refractivity contribution >= 4 is 88.1 Å². The molecular weight excluding hydrogens is 1230 g/mol. The lowest BCUT2D eigenvalue weighted by atomic mass is 9.76. The van der Waals surface area contributed by atoms with E-state index in [4.69, 9.17) is 4.74 Å². The summed E-state index contributed by atoms with van der Waals surface area (Å²) in [6, 6.07) is 11.1. The molecule has 502 valence electrons. The Morgan fingerprint density at radius 3 is 1.89 bits per heavy atom. The van der Waals surface area contributed by atoms with Gasteiger partial charge in [-0.1, -0.05) is 24.3 Å². The minimum absolute atomic E-state index is 0.0351. The van der Waals surface area contributed by atoms with Crippen molar-refractivity contribution in [3.8, 4) is 0 Å². The number of carbonyl (C=O) groups excluding carboxylic acids is 9. The van der Waals surface area contributed by atoms with Crippen LogP contribution in [-0.4, -0.2) is 217 Å². The summed E-state index contributed by atoms with van der Waals surface area (Å²) >= 11 is 0. The first kappa shape index (κ1) is 73.3. The van der Waals surface area contributed by atoms with Crippen LogP contribution in [0.4, 0.5) is 5.69 Å². The average molecular weight is 1320 g/mol. The lowest BCUT2D eigenvalue weighted by Crippen LogP contribution is -2.50. The molecule has 0 aromatic heterocycles. The Kier molecular flexibility index (Phi) is 28.6. The van der Waals surface area contributed by atoms with Crippen LogP contribution in [-0.2, 0) is 68.7 Å². The minimum Gasteiger partial charge on any atom is -0.378 e. The quantitative estimate of drug-likeness (QED) is 0.0158. The molecule has 8 N–H and O–H groups in total. The van der Waals surface area contributed by atoms with Crippen LogP contribution >= 0.6 is 7.82 Å². The van der Waals surface area contributed by atoms with Gasteiger partial charge in [-0.05, 0) is 130 Å². The molecule has 9 amide bonds. The van der Waals surface area contributed by atoms with Gasteiger partial charge in [-0.3, -0.25) is 57.1 Å². The first-order chi connectivity index (χ1) is 43.9. The van der Waals surface area contributed by atoms with Crippen LogP contribution in [0.15, 0.2) is 84.0 Å². The number of allylic oxidation sites excluding steroid dienone is 5. The number of nitrogens with zero attached hydrogens (tertiary/aromatic N) is 5. The fraction of sp³-hybridized carbons (Fsp3) is 0.524. The van der Waals surface area contributed by atoms with Gasteiger partial charge in [0.15, 0.2) is 5.71 Å². The van der Waals surface area contributed by atoms with Crippen LogP contribution < -0.4 is 31.5 Å². The average Bonchev–Trinajstić information content (AvgIpc) is 0.838. The molecule has 2 atom stereocenters. The van der Waals surface area contributed by atoms with E-state index in [0.717, 1.165) is 71.2 Å². The van der Waals surface area contributed by atoms with E-state index in [9.17, 15) is 70.5 Å². The molecule has 2 aromatic rings. The predicted octanol–water partition coefficient (Wildman–Crippen LogP) is 2.32. The molecular formula is C63H88N10O17PS+. The summed E-state index contributed by atoms with van der Waals surface area (Å²) in [7, 11) is -9.82. The molecule has 6 rings (SSSR count). The van der Waals surface area contributed by atoms with Crippen LogP contribution in [0.3, 0.4) is 0 Å². The second-order valence-corrected chi connectivity index (χ2v) is 25.1. The molecule has 2 aliphatic heterocycles. The summed E-state index contributed by atoms with van der Waals surface area (Å²) in [5.41, 5.74) is 9.28. The standard InChI is InChI=1S/C63H87N10O17PS/c1-5-69(6-2)46-23-25-48-44(40-46)39-45-41-47(70(7-3)8-4)24-26-49(45)60(48)50-17-9-10-18-51(50)63(82)72-34-32-71(33-35-72)57(77)22-12-11-20-56(76)68-53(43-92(86,87)88)62(81)66-30-16-14-21-55(75)67-52(42-90-91(83,84)85)61(80)65-29-15-13-19-54(74)64-31-37-89-38-36-73-58(78)27-28-59(73)79/h9-10,17-18,23-28,40-41,52-53H,5-8,11-16,19-22,29-39,42-43H2,1-4H3,(H7-,64,65,66,67,68,74,75,76,80,81,83,84,85,86,87,88)/p+1. The molecule has 4 aliphatic rings. The van der Waals surface area contributed by atoms with E-state index in [-0.39, 0.29) is 108 Å². The van der Waals surface area contributed by atoms with Gasteiger partial charge in [-0.25, -0.2) is 9.14 Å². The molecule has 29 heteroatoms. The van der Waals surface area contributed by atoms with Crippen LogP contribution in [0.5, 0.6) is 0 Å². The van der Waals surface area contributed by atoms with Gasteiger partial charge in [0.2, 0.25) is 35.4 Å². The highest BCUT2D eigenvalue weighted by molar-refractivity contribution is 7.85. The Hall–Kier alpha value is -7.72. The Balaban J connectivity index is 0.899. The number of rotatable bonds is 37. The number of carbonyl (C=O) groups is 9. The van der Waals surface area contributed by atoms with Gasteiger partial charge < -0.3 is 55.8 Å². The maximum Gasteiger partial charge on any atom is 0.469 e. The number of fused-ring (bicyclic) bond motifs is 2. The van der Waals surface area contributed by atoms with Gasteiger partial charge in [-0.2, -0.15) is 8.42 Å². The van der Waals surface area contributed by atoms with Crippen molar-refractivity contribution in [1.82, 2.24) is 41.3 Å². The first-order valence-corrected chi connectivity index (χ1v) is 34.5. The fourth-order valence-corrected chi connectivity index (χ4v) is 12.1. The largest absolute Gasteiger partial charge is 0.469 e. The Bertz CT molecular complexity index is 3320. The number of phosphoric acid groups is 1. The molecule has 2 unspecified atom stereocenters. The topological polar surface area (TPSA) is 360 Å². The lowest BCUT2D eigenvalue weighted by molar-refractivity contribution is -0.519. The zero-order valence-electron chi connectivity index (χ0n) is 52.8. The second kappa shape index (κ2) is 35.9. The van der Waals surface area contributed by atoms with E-state index in [1.54, 1.807) is 9.80 Å². The van der Waals surface area contributed by atoms with Gasteiger partial charge in [0.1, 0.15) is 30.9 Å². The highest BCUT2D eigenvalue weighted by Gasteiger charge is 2.33. The van der Waals surface area contributed by atoms with Crippen LogP contribution in [0, 0.1) is 0 Å². The van der Waals surface area contributed by atoms with Crippen molar-refractivity contribution in [1.29, 1.82) is 0 Å². The number of unbranched alkanes of at least 4 members (excludes halogenated alkanes) is 3. The molecule has 0 spiro atoms. The normalized spacial score (nSPS) is 15.3. The molecule has 0 radical (unpaired) electrons. The van der Waals surface area contributed by atoms with Crippen molar-refractivity contribution < 1.29 is 84.3 Å². The smallest absolute Gasteiger partial charge is 0.378 e. The summed E-state index contributed by atoms with van der Waals surface area (Å²) in [6.07, 6.45) is 10.9. The van der Waals surface area contributed by atoms with Crippen LogP contribution in [0.25, 0.3) is 5.57 Å². The van der Waals surface area contributed by atoms with Gasteiger partial charge in [-0.15, -0.1) is 0 Å². The van der Waals surface area contributed by atoms with Crippen molar-refractivity contribution in [2.75, 3.05) is 109 Å². The van der Waals surface area contributed by atoms with Crippen molar-refractivity contribution in [3.05, 3.63) is 106 Å². The number of amides is 9. The Morgan fingerprint density at radius 1 is 0.685 bits per heavy atom. The maximum absolute atomic E-state index is 14.6. The van der Waals surface area contributed by atoms with Gasteiger partial charge in [0, 0.05) is 120 Å². The second-order valence-electron chi connectivity index (χ2n) is 22.4. The summed E-state index contributed by atoms with van der Waals surface area (Å²) < 4.78 is 57.0. The van der Waals surface area contributed by atoms with E-state index < -0.39 is 77.8 Å². The third-order valence-corrected chi connectivity index (χ3v) is 17.3. The van der Waals surface area contributed by atoms with Gasteiger partial charge in [0.05, 0.1) is 26.4 Å². The van der Waals surface area contributed by atoms with Crippen LogP contribution in [0.1, 0.15) is 119 Å². The van der Waals surface area contributed by atoms with Crippen molar-refractivity contribution in [3.63, 3.8) is 0 Å². The summed E-state index contributed by atoms with van der Waals surface area (Å²) in [4.78, 5) is 141. The van der Waals surface area contributed by atoms with Gasteiger partial charge in [0.25, 0.3) is 27.8 Å². The number of ether oxygens (including phenoxy) is 1. The minimum atomic E-state index is -5.06. The van der Waals surface area contributed by atoms with E-state index in [2.05, 4.69) is 105 Å². The zero-order chi connectivity index (χ0) is 67.0. The molecule has 2 aromatic carbocycles. The molecule has 2 heterocycles. The van der Waals surface area contributed by atoms with E-state index >= 15 is 0 Å². The first-order valence-electron chi connectivity index (χ1n) is 31.4. The molecule has 1 fully saturated rings. The predicted molar refractivity (Wildman–Crippen MR) is 342 cm³/mol. The van der Waals surface area contributed by atoms with Gasteiger partial charge >= 0.3 is 7.82 Å². The Morgan fingerprint density at radius 2 is 1.27 bits per heavy atom.